The van der Waals surface area contributed by atoms with Gasteiger partial charge in [0.15, 0.2) is 0 Å². The lowest BCUT2D eigenvalue weighted by Crippen LogP contribution is -2.48. The first kappa shape index (κ1) is 17.9. The first-order chi connectivity index (χ1) is 12.1. The molecule has 2 N–H and O–H groups in total. The van der Waals surface area contributed by atoms with E-state index in [1.54, 1.807) is 0 Å². The molecule has 2 fully saturated rings. The molecule has 5 nitrogen and oxygen atoms in total. The van der Waals surface area contributed by atoms with Crippen LogP contribution in [0.2, 0.25) is 0 Å². The highest BCUT2D eigenvalue weighted by Crippen LogP contribution is 2.27. The highest BCUT2D eigenvalue weighted by Gasteiger charge is 2.31. The van der Waals surface area contributed by atoms with Crippen LogP contribution in [0.15, 0.2) is 30.3 Å². The summed E-state index contributed by atoms with van der Waals surface area (Å²) in [5, 5.41) is 6.53. The second kappa shape index (κ2) is 8.00. The summed E-state index contributed by atoms with van der Waals surface area (Å²) in [5.74, 6) is 0.0421. The molecular formula is C20H29N3O2. The molecule has 2 aliphatic rings. The van der Waals surface area contributed by atoms with E-state index in [9.17, 15) is 9.59 Å². The fourth-order valence-electron chi connectivity index (χ4n) is 3.79. The van der Waals surface area contributed by atoms with Crippen LogP contribution < -0.4 is 10.6 Å². The van der Waals surface area contributed by atoms with Gasteiger partial charge in [0.25, 0.3) is 5.91 Å². The van der Waals surface area contributed by atoms with Crippen molar-refractivity contribution in [3.8, 4) is 0 Å². The van der Waals surface area contributed by atoms with Gasteiger partial charge < -0.3 is 15.5 Å². The van der Waals surface area contributed by atoms with Crippen LogP contribution in [0.1, 0.15) is 43.0 Å². The minimum atomic E-state index is -0.0910. The molecule has 2 saturated heterocycles. The second-order valence-electron chi connectivity index (χ2n) is 7.73. The summed E-state index contributed by atoms with van der Waals surface area (Å²) >= 11 is 0. The van der Waals surface area contributed by atoms with Crippen molar-refractivity contribution < 1.29 is 9.59 Å². The maximum atomic E-state index is 12.6. The third-order valence-corrected chi connectivity index (χ3v) is 5.60. The molecule has 2 heterocycles. The Morgan fingerprint density at radius 3 is 2.68 bits per heavy atom. The summed E-state index contributed by atoms with van der Waals surface area (Å²) < 4.78 is 0. The number of nitrogens with zero attached hydrogens (tertiary/aromatic N) is 1. The highest BCUT2D eigenvalue weighted by molar-refractivity contribution is 5.94. The van der Waals surface area contributed by atoms with Gasteiger partial charge in [-0.05, 0) is 56.3 Å². The van der Waals surface area contributed by atoms with Gasteiger partial charge in [0.1, 0.15) is 0 Å². The van der Waals surface area contributed by atoms with E-state index in [1.807, 2.05) is 35.2 Å². The van der Waals surface area contributed by atoms with Gasteiger partial charge in [0, 0.05) is 25.2 Å². The maximum absolute atomic E-state index is 12.6. The monoisotopic (exact) mass is 343 g/mol. The molecule has 136 valence electrons. The molecule has 1 aromatic carbocycles. The summed E-state index contributed by atoms with van der Waals surface area (Å²) in [6.07, 6.45) is 3.94. The Hall–Kier alpha value is -1.88. The number of hydrogen-bond donors (Lipinski definition) is 2. The van der Waals surface area contributed by atoms with E-state index >= 15 is 0 Å². The molecule has 0 aliphatic carbocycles. The smallest absolute Gasteiger partial charge is 0.253 e. The van der Waals surface area contributed by atoms with Crippen LogP contribution in [-0.2, 0) is 4.79 Å². The molecule has 0 saturated carbocycles. The number of likely N-dealkylation sites (tertiary alicyclic amines) is 1. The predicted octanol–water partition coefficient (Wildman–Crippen LogP) is 2.04. The number of piperidine rings is 2. The first-order valence-electron chi connectivity index (χ1n) is 9.40. The summed E-state index contributed by atoms with van der Waals surface area (Å²) in [5.41, 5.74) is 0.889. The largest absolute Gasteiger partial charge is 0.355 e. The standard InChI is InChI=1S/C20H29N3O2/c1-20(9-11-21-12-10-20)15-22-18(24)17-8-5-13-23(14-17)19(25)16-6-3-2-4-7-16/h2-4,6-7,17,21H,5,8-15H2,1H3,(H,22,24). The lowest BCUT2D eigenvalue weighted by atomic mass is 9.81. The van der Waals surface area contributed by atoms with Gasteiger partial charge in [-0.1, -0.05) is 25.1 Å². The van der Waals surface area contributed by atoms with Crippen LogP contribution in [0.3, 0.4) is 0 Å². The molecule has 1 aromatic rings. The fourth-order valence-corrected chi connectivity index (χ4v) is 3.79. The van der Waals surface area contributed by atoms with Crippen molar-refractivity contribution in [2.45, 2.75) is 32.6 Å². The van der Waals surface area contributed by atoms with Crippen LogP contribution >= 0.6 is 0 Å². The van der Waals surface area contributed by atoms with Crippen LogP contribution in [0.5, 0.6) is 0 Å². The molecule has 2 amide bonds. The molecule has 3 rings (SSSR count). The third kappa shape index (κ3) is 4.60. The van der Waals surface area contributed by atoms with Crippen molar-refractivity contribution in [1.29, 1.82) is 0 Å². The third-order valence-electron chi connectivity index (χ3n) is 5.60. The van der Waals surface area contributed by atoms with Gasteiger partial charge in [0.05, 0.1) is 5.92 Å². The number of carbonyl (C=O) groups excluding carboxylic acids is 2. The Kier molecular flexibility index (Phi) is 5.74. The summed E-state index contributed by atoms with van der Waals surface area (Å²) in [6.45, 7) is 6.29. The molecule has 25 heavy (non-hydrogen) atoms. The molecule has 1 atom stereocenters. The van der Waals surface area contributed by atoms with E-state index in [-0.39, 0.29) is 23.1 Å². The van der Waals surface area contributed by atoms with Gasteiger partial charge in [-0.3, -0.25) is 9.59 Å². The average molecular weight is 343 g/mol. The van der Waals surface area contributed by atoms with Crippen LogP contribution in [0.4, 0.5) is 0 Å². The van der Waals surface area contributed by atoms with E-state index in [1.165, 1.54) is 0 Å². The summed E-state index contributed by atoms with van der Waals surface area (Å²) in [4.78, 5) is 27.1. The van der Waals surface area contributed by atoms with Crippen molar-refractivity contribution in [2.24, 2.45) is 11.3 Å². The topological polar surface area (TPSA) is 61.4 Å². The Bertz CT molecular complexity index is 596. The Balaban J connectivity index is 1.54. The van der Waals surface area contributed by atoms with E-state index in [0.717, 1.165) is 51.9 Å². The highest BCUT2D eigenvalue weighted by atomic mass is 16.2. The lowest BCUT2D eigenvalue weighted by molar-refractivity contribution is -0.126. The molecule has 0 spiro atoms. The van der Waals surface area contributed by atoms with Crippen LogP contribution in [-0.4, -0.2) is 49.4 Å². The molecule has 0 bridgehead atoms. The van der Waals surface area contributed by atoms with E-state index in [4.69, 9.17) is 0 Å². The first-order valence-corrected chi connectivity index (χ1v) is 9.40. The van der Waals surface area contributed by atoms with Crippen LogP contribution in [0, 0.1) is 11.3 Å². The Labute approximate surface area is 150 Å². The summed E-state index contributed by atoms with van der Waals surface area (Å²) in [7, 11) is 0. The van der Waals surface area contributed by atoms with Gasteiger partial charge in [-0.15, -0.1) is 0 Å². The van der Waals surface area contributed by atoms with E-state index in [2.05, 4.69) is 17.6 Å². The van der Waals surface area contributed by atoms with Gasteiger partial charge >= 0.3 is 0 Å². The maximum Gasteiger partial charge on any atom is 0.253 e. The van der Waals surface area contributed by atoms with Gasteiger partial charge in [-0.25, -0.2) is 0 Å². The van der Waals surface area contributed by atoms with Gasteiger partial charge in [-0.2, -0.15) is 0 Å². The summed E-state index contributed by atoms with van der Waals surface area (Å²) in [6, 6.07) is 9.33. The predicted molar refractivity (Wildman–Crippen MR) is 98.3 cm³/mol. The number of carbonyl (C=O) groups is 2. The zero-order chi connectivity index (χ0) is 17.7. The number of amides is 2. The molecule has 5 heteroatoms. The number of nitrogens with one attached hydrogen (secondary N) is 2. The average Bonchev–Trinajstić information content (AvgIpc) is 2.67. The minimum absolute atomic E-state index is 0.0309. The SMILES string of the molecule is CC1(CNC(=O)C2CCCN(C(=O)c3ccccc3)C2)CCNCC1. The normalized spacial score (nSPS) is 23.1. The quantitative estimate of drug-likeness (QED) is 0.879. The number of rotatable bonds is 4. The second-order valence-corrected chi connectivity index (χ2v) is 7.73. The molecule has 1 unspecified atom stereocenters. The van der Waals surface area contributed by atoms with Crippen molar-refractivity contribution in [2.75, 3.05) is 32.7 Å². The van der Waals surface area contributed by atoms with Crippen molar-refractivity contribution in [3.63, 3.8) is 0 Å². The molecule has 0 aromatic heterocycles. The van der Waals surface area contributed by atoms with E-state index < -0.39 is 0 Å². The van der Waals surface area contributed by atoms with Crippen molar-refractivity contribution in [1.82, 2.24) is 15.5 Å². The Morgan fingerprint density at radius 1 is 1.24 bits per heavy atom. The Morgan fingerprint density at radius 2 is 1.96 bits per heavy atom. The lowest BCUT2D eigenvalue weighted by Gasteiger charge is -2.36. The zero-order valence-electron chi connectivity index (χ0n) is 15.1. The molecular weight excluding hydrogens is 314 g/mol. The molecule has 2 aliphatic heterocycles. The minimum Gasteiger partial charge on any atom is -0.355 e. The van der Waals surface area contributed by atoms with Crippen molar-refractivity contribution in [3.05, 3.63) is 35.9 Å². The number of hydrogen-bond acceptors (Lipinski definition) is 3. The molecule has 0 radical (unpaired) electrons. The van der Waals surface area contributed by atoms with Crippen molar-refractivity contribution >= 4 is 11.8 Å². The van der Waals surface area contributed by atoms with Crippen LogP contribution in [0.25, 0.3) is 0 Å². The number of benzene rings is 1. The zero-order valence-corrected chi connectivity index (χ0v) is 15.1. The van der Waals surface area contributed by atoms with E-state index in [0.29, 0.717) is 12.1 Å². The fraction of sp³-hybridized carbons (Fsp3) is 0.600. The van der Waals surface area contributed by atoms with Gasteiger partial charge in [0.2, 0.25) is 5.91 Å².